The van der Waals surface area contributed by atoms with Gasteiger partial charge in [0.25, 0.3) is 10.5 Å². The van der Waals surface area contributed by atoms with Crippen LogP contribution in [0.1, 0.15) is 31.7 Å². The van der Waals surface area contributed by atoms with Gasteiger partial charge in [-0.15, -0.1) is 0 Å². The molecule has 1 aliphatic heterocycles. The quantitative estimate of drug-likeness (QED) is 0.608. The van der Waals surface area contributed by atoms with Crippen molar-refractivity contribution in [3.63, 3.8) is 0 Å². The summed E-state index contributed by atoms with van der Waals surface area (Å²) < 4.78 is 11.7. The number of carbonyl (C=O) groups is 2. The Kier molecular flexibility index (Phi) is 12.4. The standard InChI is InChI=1S/C14H20O2.2CH3NOS/c1-2-15-14(10-6-7-11-16-14)12-13-8-4-3-5-9-13;2*2-1(3)4/h3-5,8-9H,2,6-7,10-12H2,1H3;2*(H3,2,3,4). The lowest BCUT2D eigenvalue weighted by atomic mass is 9.97. The van der Waals surface area contributed by atoms with Crippen molar-refractivity contribution in [1.82, 2.24) is 0 Å². The molecule has 1 saturated heterocycles. The molecule has 0 radical (unpaired) electrons. The highest BCUT2D eigenvalue weighted by Crippen LogP contribution is 2.29. The van der Waals surface area contributed by atoms with E-state index in [-0.39, 0.29) is 5.79 Å². The Morgan fingerprint density at radius 2 is 1.71 bits per heavy atom. The lowest BCUT2D eigenvalue weighted by Gasteiger charge is -2.37. The molecule has 1 fully saturated rings. The second-order valence-corrected chi connectivity index (χ2v) is 5.87. The molecule has 4 N–H and O–H groups in total. The lowest BCUT2D eigenvalue weighted by Crippen LogP contribution is -2.41. The number of ether oxygens (including phenoxy) is 2. The summed E-state index contributed by atoms with van der Waals surface area (Å²) in [6.07, 6.45) is 4.23. The first-order chi connectivity index (χ1) is 11.3. The molecule has 0 aliphatic carbocycles. The molecule has 1 heterocycles. The minimum Gasteiger partial charge on any atom is -0.361 e. The van der Waals surface area contributed by atoms with Crippen LogP contribution in [0.25, 0.3) is 0 Å². The van der Waals surface area contributed by atoms with Gasteiger partial charge in [-0.2, -0.15) is 0 Å². The molecule has 2 amide bonds. The van der Waals surface area contributed by atoms with E-state index in [1.807, 2.05) is 13.0 Å². The van der Waals surface area contributed by atoms with Crippen LogP contribution in [0.15, 0.2) is 30.3 Å². The Balaban J connectivity index is 0.000000558. The number of rotatable bonds is 4. The Bertz CT molecular complexity index is 455. The molecular formula is C16H26N2O4S2. The highest BCUT2D eigenvalue weighted by atomic mass is 32.1. The van der Waals surface area contributed by atoms with E-state index in [9.17, 15) is 0 Å². The molecule has 136 valence electrons. The SMILES string of the molecule is CCOC1(Cc2ccccc2)CCCCO1.NC(=O)S.NC(=O)S. The third-order valence-corrected chi connectivity index (χ3v) is 3.04. The van der Waals surface area contributed by atoms with Crippen LogP contribution in [0.2, 0.25) is 0 Å². The van der Waals surface area contributed by atoms with Crippen LogP contribution in [0, 0.1) is 0 Å². The number of hydrogen-bond donors (Lipinski definition) is 4. The van der Waals surface area contributed by atoms with Gasteiger partial charge >= 0.3 is 0 Å². The maximum absolute atomic E-state index is 9.09. The number of benzene rings is 1. The predicted molar refractivity (Wildman–Crippen MR) is 101 cm³/mol. The molecular weight excluding hydrogens is 348 g/mol. The van der Waals surface area contributed by atoms with Gasteiger partial charge in [0, 0.05) is 19.4 Å². The monoisotopic (exact) mass is 374 g/mol. The van der Waals surface area contributed by atoms with Crippen molar-refractivity contribution in [1.29, 1.82) is 0 Å². The third-order valence-electron chi connectivity index (χ3n) is 3.04. The molecule has 0 aromatic heterocycles. The van der Waals surface area contributed by atoms with Crippen molar-refractivity contribution in [3.05, 3.63) is 35.9 Å². The first-order valence-electron chi connectivity index (χ1n) is 7.60. The molecule has 2 rings (SSSR count). The fraction of sp³-hybridized carbons (Fsp3) is 0.500. The minimum absolute atomic E-state index is 0.367. The Hall–Kier alpha value is -1.22. The van der Waals surface area contributed by atoms with Crippen molar-refractivity contribution in [3.8, 4) is 0 Å². The van der Waals surface area contributed by atoms with Crippen molar-refractivity contribution in [2.45, 2.75) is 38.4 Å². The summed E-state index contributed by atoms with van der Waals surface area (Å²) in [5.41, 5.74) is 9.96. The average molecular weight is 375 g/mol. The number of hydrogen-bond acceptors (Lipinski definition) is 4. The summed E-state index contributed by atoms with van der Waals surface area (Å²) in [5.74, 6) is -0.367. The van der Waals surface area contributed by atoms with E-state index >= 15 is 0 Å². The first kappa shape index (κ1) is 22.8. The van der Waals surface area contributed by atoms with Crippen LogP contribution < -0.4 is 11.5 Å². The Morgan fingerprint density at radius 1 is 1.17 bits per heavy atom. The number of thiol groups is 2. The second-order valence-electron chi connectivity index (χ2n) is 4.99. The highest BCUT2D eigenvalue weighted by Gasteiger charge is 2.33. The van der Waals surface area contributed by atoms with Crippen LogP contribution in [0.5, 0.6) is 0 Å². The predicted octanol–water partition coefficient (Wildman–Crippen LogP) is 3.15. The van der Waals surface area contributed by atoms with E-state index < -0.39 is 10.5 Å². The first-order valence-corrected chi connectivity index (χ1v) is 8.49. The van der Waals surface area contributed by atoms with Crippen molar-refractivity contribution < 1.29 is 19.1 Å². The molecule has 1 aromatic carbocycles. The molecule has 0 spiro atoms. The smallest absolute Gasteiger partial charge is 0.273 e. The van der Waals surface area contributed by atoms with E-state index in [1.54, 1.807) is 0 Å². The zero-order valence-corrected chi connectivity index (χ0v) is 15.6. The van der Waals surface area contributed by atoms with E-state index in [1.165, 1.54) is 12.0 Å². The highest BCUT2D eigenvalue weighted by molar-refractivity contribution is 7.96. The summed E-state index contributed by atoms with van der Waals surface area (Å²) in [7, 11) is 0. The van der Waals surface area contributed by atoms with Crippen LogP contribution in [0.4, 0.5) is 9.59 Å². The number of nitrogens with two attached hydrogens (primary N) is 2. The molecule has 0 bridgehead atoms. The van der Waals surface area contributed by atoms with Gasteiger partial charge in [0.05, 0.1) is 6.61 Å². The maximum atomic E-state index is 9.09. The van der Waals surface area contributed by atoms with Crippen molar-refractivity contribution in [2.24, 2.45) is 11.5 Å². The van der Waals surface area contributed by atoms with Gasteiger partial charge in [-0.3, -0.25) is 9.59 Å². The van der Waals surface area contributed by atoms with Gasteiger partial charge < -0.3 is 20.9 Å². The van der Waals surface area contributed by atoms with Gasteiger partial charge in [-0.1, -0.05) is 55.6 Å². The van der Waals surface area contributed by atoms with Crippen LogP contribution in [0.3, 0.4) is 0 Å². The maximum Gasteiger partial charge on any atom is 0.273 e. The summed E-state index contributed by atoms with van der Waals surface area (Å²) >= 11 is 6.21. The van der Waals surface area contributed by atoms with Gasteiger partial charge in [0.15, 0.2) is 5.79 Å². The zero-order chi connectivity index (χ0) is 18.4. The van der Waals surface area contributed by atoms with Gasteiger partial charge in [-0.25, -0.2) is 0 Å². The minimum atomic E-state index is -0.639. The fourth-order valence-electron chi connectivity index (χ4n) is 2.30. The van der Waals surface area contributed by atoms with Gasteiger partial charge in [0.1, 0.15) is 0 Å². The van der Waals surface area contributed by atoms with Gasteiger partial charge in [-0.05, 0) is 25.3 Å². The van der Waals surface area contributed by atoms with Crippen molar-refractivity contribution >= 4 is 35.7 Å². The van der Waals surface area contributed by atoms with Gasteiger partial charge in [0.2, 0.25) is 0 Å². The topological polar surface area (TPSA) is 105 Å². The van der Waals surface area contributed by atoms with E-state index in [4.69, 9.17) is 19.1 Å². The molecule has 1 unspecified atom stereocenters. The molecule has 1 aliphatic rings. The average Bonchev–Trinajstić information content (AvgIpc) is 2.48. The lowest BCUT2D eigenvalue weighted by molar-refractivity contribution is -0.252. The molecule has 8 heteroatoms. The molecule has 24 heavy (non-hydrogen) atoms. The molecule has 0 saturated carbocycles. The number of amides is 2. The van der Waals surface area contributed by atoms with Crippen LogP contribution in [-0.2, 0) is 15.9 Å². The molecule has 6 nitrogen and oxygen atoms in total. The number of primary amides is 2. The Labute approximate surface area is 154 Å². The fourth-order valence-corrected chi connectivity index (χ4v) is 2.30. The summed E-state index contributed by atoms with van der Waals surface area (Å²) in [5, 5.41) is -1.28. The van der Waals surface area contributed by atoms with E-state index in [2.05, 4.69) is 61.0 Å². The third kappa shape index (κ3) is 12.2. The molecule has 1 atom stereocenters. The number of carbonyl (C=O) groups excluding carboxylic acids is 2. The van der Waals surface area contributed by atoms with E-state index in [0.717, 1.165) is 25.9 Å². The van der Waals surface area contributed by atoms with Crippen LogP contribution in [-0.4, -0.2) is 29.5 Å². The second kappa shape index (κ2) is 13.1. The molecule has 1 aromatic rings. The van der Waals surface area contributed by atoms with Crippen molar-refractivity contribution in [2.75, 3.05) is 13.2 Å². The zero-order valence-electron chi connectivity index (χ0n) is 13.8. The largest absolute Gasteiger partial charge is 0.361 e. The Morgan fingerprint density at radius 3 is 2.12 bits per heavy atom. The summed E-state index contributed by atoms with van der Waals surface area (Å²) in [6.45, 7) is 3.57. The van der Waals surface area contributed by atoms with Crippen LogP contribution >= 0.6 is 25.3 Å². The summed E-state index contributed by atoms with van der Waals surface area (Å²) in [4.78, 5) is 18.2. The van der Waals surface area contributed by atoms with E-state index in [0.29, 0.717) is 6.61 Å². The normalized spacial score (nSPS) is 19.1. The summed E-state index contributed by atoms with van der Waals surface area (Å²) in [6, 6.07) is 10.5.